The maximum atomic E-state index is 13.8. The van der Waals surface area contributed by atoms with E-state index in [-0.39, 0.29) is 29.7 Å². The number of nitrogens with zero attached hydrogens (tertiary/aromatic N) is 3. The van der Waals surface area contributed by atoms with E-state index in [4.69, 9.17) is 5.11 Å². The van der Waals surface area contributed by atoms with Crippen LogP contribution in [0.15, 0.2) is 41.5 Å². The Balaban J connectivity index is 1.81. The molecule has 0 unspecified atom stereocenters. The standard InChI is InChI=1S/C17H18FN3O3/c18-14-4-2-1-3-13(14)11-21-10-7-19-15(16(21)22)20-8-5-12(6-9-20)17(23)24/h1-4,7,10,12H,5-6,8-9,11H2,(H,23,24). The lowest BCUT2D eigenvalue weighted by Gasteiger charge is -2.30. The predicted molar refractivity (Wildman–Crippen MR) is 86.6 cm³/mol. The lowest BCUT2D eigenvalue weighted by molar-refractivity contribution is -0.142. The summed E-state index contributed by atoms with van der Waals surface area (Å²) in [6.07, 6.45) is 4.01. The average Bonchev–Trinajstić information content (AvgIpc) is 2.59. The summed E-state index contributed by atoms with van der Waals surface area (Å²) < 4.78 is 15.2. The highest BCUT2D eigenvalue weighted by Gasteiger charge is 2.26. The predicted octanol–water partition coefficient (Wildman–Crippen LogP) is 1.73. The summed E-state index contributed by atoms with van der Waals surface area (Å²) in [5.74, 6) is -1.24. The van der Waals surface area contributed by atoms with Crippen LogP contribution >= 0.6 is 0 Å². The first-order chi connectivity index (χ1) is 11.6. The zero-order valence-electron chi connectivity index (χ0n) is 13.1. The zero-order valence-corrected chi connectivity index (χ0v) is 13.1. The molecular formula is C17H18FN3O3. The molecule has 2 heterocycles. The van der Waals surface area contributed by atoms with Gasteiger partial charge in [0.05, 0.1) is 12.5 Å². The molecule has 24 heavy (non-hydrogen) atoms. The highest BCUT2D eigenvalue weighted by Crippen LogP contribution is 2.20. The van der Waals surface area contributed by atoms with Gasteiger partial charge in [-0.15, -0.1) is 0 Å². The summed E-state index contributed by atoms with van der Waals surface area (Å²) in [5, 5.41) is 9.05. The van der Waals surface area contributed by atoms with Crippen LogP contribution in [0.1, 0.15) is 18.4 Å². The van der Waals surface area contributed by atoms with Gasteiger partial charge < -0.3 is 14.6 Å². The van der Waals surface area contributed by atoms with Crippen LogP contribution in [0.5, 0.6) is 0 Å². The minimum absolute atomic E-state index is 0.132. The molecule has 1 fully saturated rings. The van der Waals surface area contributed by atoms with Crippen LogP contribution < -0.4 is 10.5 Å². The van der Waals surface area contributed by atoms with E-state index in [9.17, 15) is 14.0 Å². The van der Waals surface area contributed by atoms with Crippen LogP contribution in [-0.4, -0.2) is 33.7 Å². The maximum Gasteiger partial charge on any atom is 0.306 e. The Bertz CT molecular complexity index is 798. The van der Waals surface area contributed by atoms with Crippen LogP contribution in [0, 0.1) is 11.7 Å². The number of carboxylic acid groups (broad SMARTS) is 1. The molecule has 126 valence electrons. The van der Waals surface area contributed by atoms with Crippen molar-refractivity contribution in [3.05, 3.63) is 58.4 Å². The third kappa shape index (κ3) is 3.29. The van der Waals surface area contributed by atoms with E-state index in [0.29, 0.717) is 31.5 Å². The molecule has 1 N–H and O–H groups in total. The minimum atomic E-state index is -0.798. The molecule has 3 rings (SSSR count). The first-order valence-corrected chi connectivity index (χ1v) is 7.83. The quantitative estimate of drug-likeness (QED) is 0.923. The van der Waals surface area contributed by atoms with Crippen LogP contribution in [0.25, 0.3) is 0 Å². The number of benzene rings is 1. The summed E-state index contributed by atoms with van der Waals surface area (Å²) in [6.45, 7) is 1.08. The highest BCUT2D eigenvalue weighted by atomic mass is 19.1. The van der Waals surface area contributed by atoms with Gasteiger partial charge in [-0.25, -0.2) is 9.37 Å². The van der Waals surface area contributed by atoms with Gasteiger partial charge in [0.25, 0.3) is 5.56 Å². The van der Waals surface area contributed by atoms with Crippen molar-refractivity contribution in [2.45, 2.75) is 19.4 Å². The molecule has 0 aliphatic carbocycles. The SMILES string of the molecule is O=C(O)C1CCN(c2nccn(Cc3ccccc3F)c2=O)CC1. The van der Waals surface area contributed by atoms with Crippen LogP contribution in [0.2, 0.25) is 0 Å². The molecule has 0 spiro atoms. The molecule has 2 aromatic rings. The van der Waals surface area contributed by atoms with Crippen molar-refractivity contribution in [1.82, 2.24) is 9.55 Å². The van der Waals surface area contributed by atoms with Crippen molar-refractivity contribution < 1.29 is 14.3 Å². The van der Waals surface area contributed by atoms with E-state index in [2.05, 4.69) is 4.98 Å². The molecule has 7 heteroatoms. The topological polar surface area (TPSA) is 75.4 Å². The number of aromatic nitrogens is 2. The van der Waals surface area contributed by atoms with Gasteiger partial charge in [0.15, 0.2) is 5.82 Å². The monoisotopic (exact) mass is 331 g/mol. The maximum absolute atomic E-state index is 13.8. The van der Waals surface area contributed by atoms with Gasteiger partial charge in [-0.2, -0.15) is 0 Å². The summed E-state index contributed by atoms with van der Waals surface area (Å²) in [6, 6.07) is 6.33. The van der Waals surface area contributed by atoms with Gasteiger partial charge in [-0.05, 0) is 18.9 Å². The number of aliphatic carboxylic acids is 1. The van der Waals surface area contributed by atoms with E-state index in [1.807, 2.05) is 0 Å². The number of hydrogen-bond acceptors (Lipinski definition) is 4. The van der Waals surface area contributed by atoms with Gasteiger partial charge in [0.2, 0.25) is 0 Å². The third-order valence-corrected chi connectivity index (χ3v) is 4.34. The Kier molecular flexibility index (Phi) is 4.59. The Morgan fingerprint density at radius 1 is 1.29 bits per heavy atom. The smallest absolute Gasteiger partial charge is 0.306 e. The minimum Gasteiger partial charge on any atom is -0.481 e. The fraction of sp³-hybridized carbons (Fsp3) is 0.353. The zero-order chi connectivity index (χ0) is 17.1. The van der Waals surface area contributed by atoms with E-state index >= 15 is 0 Å². The lowest BCUT2D eigenvalue weighted by atomic mass is 9.97. The second kappa shape index (κ2) is 6.82. The molecule has 0 saturated carbocycles. The van der Waals surface area contributed by atoms with Gasteiger partial charge >= 0.3 is 5.97 Å². The molecule has 1 aliphatic heterocycles. The van der Waals surface area contributed by atoms with Crippen molar-refractivity contribution in [3.8, 4) is 0 Å². The van der Waals surface area contributed by atoms with Crippen molar-refractivity contribution in [2.24, 2.45) is 5.92 Å². The number of carboxylic acids is 1. The first kappa shape index (κ1) is 16.2. The second-order valence-corrected chi connectivity index (χ2v) is 5.87. The van der Waals surface area contributed by atoms with E-state index < -0.39 is 5.97 Å². The number of piperidine rings is 1. The van der Waals surface area contributed by atoms with Crippen LogP contribution in [0.3, 0.4) is 0 Å². The molecular weight excluding hydrogens is 313 g/mol. The third-order valence-electron chi connectivity index (χ3n) is 4.34. The number of anilines is 1. The number of hydrogen-bond donors (Lipinski definition) is 1. The summed E-state index contributed by atoms with van der Waals surface area (Å²) in [5.41, 5.74) is 0.135. The molecule has 1 saturated heterocycles. The molecule has 1 aromatic carbocycles. The molecule has 0 amide bonds. The van der Waals surface area contributed by atoms with Crippen LogP contribution in [0.4, 0.5) is 10.2 Å². The van der Waals surface area contributed by atoms with Crippen LogP contribution in [-0.2, 0) is 11.3 Å². The van der Waals surface area contributed by atoms with E-state index in [1.54, 1.807) is 23.1 Å². The number of rotatable bonds is 4. The Labute approximate surface area is 138 Å². The summed E-state index contributed by atoms with van der Waals surface area (Å²) in [4.78, 5) is 29.6. The molecule has 0 radical (unpaired) electrons. The van der Waals surface area contributed by atoms with E-state index in [1.165, 1.54) is 23.0 Å². The van der Waals surface area contributed by atoms with Crippen molar-refractivity contribution >= 4 is 11.8 Å². The number of halogens is 1. The second-order valence-electron chi connectivity index (χ2n) is 5.87. The molecule has 6 nitrogen and oxygen atoms in total. The first-order valence-electron chi connectivity index (χ1n) is 7.83. The Hall–Kier alpha value is -2.70. The highest BCUT2D eigenvalue weighted by molar-refractivity contribution is 5.70. The lowest BCUT2D eigenvalue weighted by Crippen LogP contribution is -2.40. The molecule has 1 aliphatic rings. The van der Waals surface area contributed by atoms with Gasteiger partial charge in [0.1, 0.15) is 5.82 Å². The average molecular weight is 331 g/mol. The van der Waals surface area contributed by atoms with Gasteiger partial charge in [-0.1, -0.05) is 18.2 Å². The van der Waals surface area contributed by atoms with Crippen molar-refractivity contribution in [2.75, 3.05) is 18.0 Å². The van der Waals surface area contributed by atoms with E-state index in [0.717, 1.165) is 0 Å². The van der Waals surface area contributed by atoms with Gasteiger partial charge in [0, 0.05) is 31.0 Å². The van der Waals surface area contributed by atoms with Crippen molar-refractivity contribution in [1.29, 1.82) is 0 Å². The summed E-state index contributed by atoms with van der Waals surface area (Å²) in [7, 11) is 0. The largest absolute Gasteiger partial charge is 0.481 e. The Morgan fingerprint density at radius 3 is 2.67 bits per heavy atom. The Morgan fingerprint density at radius 2 is 2.00 bits per heavy atom. The van der Waals surface area contributed by atoms with Gasteiger partial charge in [-0.3, -0.25) is 9.59 Å². The normalized spacial score (nSPS) is 15.5. The molecule has 0 bridgehead atoms. The van der Waals surface area contributed by atoms with Crippen molar-refractivity contribution in [3.63, 3.8) is 0 Å². The fourth-order valence-electron chi connectivity index (χ4n) is 2.93. The molecule has 1 aromatic heterocycles. The number of carbonyl (C=O) groups is 1. The fourth-order valence-corrected chi connectivity index (χ4v) is 2.93. The summed E-state index contributed by atoms with van der Waals surface area (Å²) >= 11 is 0. The molecule has 0 atom stereocenters.